The summed E-state index contributed by atoms with van der Waals surface area (Å²) in [6, 6.07) is 2.59. The number of anilines is 2. The number of nitro benzene ring substituents is 1. The van der Waals surface area contributed by atoms with E-state index in [1.165, 1.54) is 24.1 Å². The molecule has 2 N–H and O–H groups in total. The number of rotatable bonds is 5. The zero-order valence-electron chi connectivity index (χ0n) is 15.4. The van der Waals surface area contributed by atoms with Gasteiger partial charge in [0.05, 0.1) is 29.3 Å². The smallest absolute Gasteiger partial charge is 0.293 e. The van der Waals surface area contributed by atoms with E-state index in [1.54, 1.807) is 0 Å². The molecule has 1 aromatic carbocycles. The van der Waals surface area contributed by atoms with Crippen LogP contribution in [0.3, 0.4) is 0 Å². The number of benzene rings is 1. The Kier molecular flexibility index (Phi) is 5.21. The average Bonchev–Trinajstić information content (AvgIpc) is 2.60. The van der Waals surface area contributed by atoms with Gasteiger partial charge in [0.15, 0.2) is 0 Å². The van der Waals surface area contributed by atoms with Gasteiger partial charge in [0.2, 0.25) is 0 Å². The predicted molar refractivity (Wildman–Crippen MR) is 98.7 cm³/mol. The Bertz CT molecular complexity index is 740. The minimum atomic E-state index is -2.81. The molecule has 1 amide bonds. The monoisotopic (exact) mass is 382 g/mol. The summed E-state index contributed by atoms with van der Waals surface area (Å²) in [6.07, 6.45) is 3.71. The average molecular weight is 382 g/mol. The van der Waals surface area contributed by atoms with Crippen molar-refractivity contribution < 1.29 is 18.5 Å². The van der Waals surface area contributed by atoms with E-state index in [0.717, 1.165) is 25.7 Å². The largest absolute Gasteiger partial charge is 0.383 e. The van der Waals surface area contributed by atoms with E-state index in [1.807, 2.05) is 0 Å². The van der Waals surface area contributed by atoms with Gasteiger partial charge >= 0.3 is 0 Å². The number of carbonyl (C=O) groups is 1. The van der Waals surface area contributed by atoms with Crippen molar-refractivity contribution in [2.75, 3.05) is 30.4 Å². The molecule has 1 saturated heterocycles. The lowest BCUT2D eigenvalue weighted by molar-refractivity contribution is -0.383. The van der Waals surface area contributed by atoms with Crippen LogP contribution in [0.2, 0.25) is 0 Å². The molecule has 148 valence electrons. The fraction of sp³-hybridized carbons (Fsp3) is 0.611. The molecule has 3 rings (SSSR count). The van der Waals surface area contributed by atoms with Gasteiger partial charge in [-0.05, 0) is 37.7 Å². The van der Waals surface area contributed by atoms with Crippen LogP contribution in [0.15, 0.2) is 12.1 Å². The third-order valence-corrected chi connectivity index (χ3v) is 5.36. The number of carbonyl (C=O) groups excluding carboxylic acids is 1. The fourth-order valence-electron chi connectivity index (χ4n) is 3.72. The summed E-state index contributed by atoms with van der Waals surface area (Å²) < 4.78 is 26.7. The van der Waals surface area contributed by atoms with Gasteiger partial charge in [0, 0.05) is 19.2 Å². The molecule has 0 aromatic heterocycles. The van der Waals surface area contributed by atoms with Crippen molar-refractivity contribution >= 4 is 23.0 Å². The number of alkyl halides is 2. The molecular weight excluding hydrogens is 358 g/mol. The Balaban J connectivity index is 1.89. The molecule has 0 atom stereocenters. The maximum absolute atomic E-state index is 13.3. The van der Waals surface area contributed by atoms with Crippen LogP contribution in [0, 0.1) is 16.0 Å². The van der Waals surface area contributed by atoms with Gasteiger partial charge in [-0.1, -0.05) is 6.92 Å². The van der Waals surface area contributed by atoms with Crippen LogP contribution in [0.1, 0.15) is 43.0 Å². The summed E-state index contributed by atoms with van der Waals surface area (Å²) in [5, 5.41) is 17.0. The Morgan fingerprint density at radius 1 is 1.26 bits per heavy atom. The van der Waals surface area contributed by atoms with Gasteiger partial charge in [0.1, 0.15) is 5.69 Å². The Morgan fingerprint density at radius 2 is 1.89 bits per heavy atom. The Morgan fingerprint density at radius 3 is 2.41 bits per heavy atom. The molecule has 0 radical (unpaired) electrons. The van der Waals surface area contributed by atoms with Gasteiger partial charge in [-0.25, -0.2) is 8.78 Å². The zero-order valence-corrected chi connectivity index (χ0v) is 15.4. The lowest BCUT2D eigenvalue weighted by atomic mass is 9.87. The highest BCUT2D eigenvalue weighted by Gasteiger charge is 2.45. The van der Waals surface area contributed by atoms with Crippen LogP contribution >= 0.6 is 0 Å². The normalized spacial score (nSPS) is 24.1. The van der Waals surface area contributed by atoms with Gasteiger partial charge < -0.3 is 15.5 Å². The van der Waals surface area contributed by atoms with Crippen molar-refractivity contribution in [1.29, 1.82) is 0 Å². The van der Waals surface area contributed by atoms with Crippen molar-refractivity contribution in [2.24, 2.45) is 5.92 Å². The molecule has 0 unspecified atom stereocenters. The van der Waals surface area contributed by atoms with Crippen molar-refractivity contribution in [3.8, 4) is 0 Å². The number of hydrogen-bond acceptors (Lipinski definition) is 5. The summed E-state index contributed by atoms with van der Waals surface area (Å²) in [4.78, 5) is 25.0. The third-order valence-electron chi connectivity index (χ3n) is 5.36. The van der Waals surface area contributed by atoms with Gasteiger partial charge in [-0.3, -0.25) is 14.9 Å². The SMILES string of the molecule is CNc1cc(N2CC(F)(F)C2)c(C(=O)N[C@H]2CC[C@H](C)CC2)cc1[N+](=O)[O-]. The van der Waals surface area contributed by atoms with E-state index in [0.29, 0.717) is 5.92 Å². The van der Waals surface area contributed by atoms with E-state index >= 15 is 0 Å². The maximum Gasteiger partial charge on any atom is 0.293 e. The summed E-state index contributed by atoms with van der Waals surface area (Å²) >= 11 is 0. The van der Waals surface area contributed by atoms with Crippen LogP contribution in [0.5, 0.6) is 0 Å². The first-order valence-electron chi connectivity index (χ1n) is 9.14. The number of nitro groups is 1. The van der Waals surface area contributed by atoms with Crippen LogP contribution in [-0.4, -0.2) is 42.9 Å². The number of halogens is 2. The van der Waals surface area contributed by atoms with Crippen molar-refractivity contribution in [2.45, 2.75) is 44.6 Å². The quantitative estimate of drug-likeness (QED) is 0.602. The summed E-state index contributed by atoms with van der Waals surface area (Å²) in [7, 11) is 1.51. The highest BCUT2D eigenvalue weighted by atomic mass is 19.3. The molecule has 0 bridgehead atoms. The van der Waals surface area contributed by atoms with Crippen LogP contribution in [0.4, 0.5) is 25.8 Å². The molecule has 0 spiro atoms. The number of amides is 1. The second-order valence-corrected chi connectivity index (χ2v) is 7.54. The Labute approximate surface area is 156 Å². The van der Waals surface area contributed by atoms with Gasteiger partial charge in [0.25, 0.3) is 17.5 Å². The van der Waals surface area contributed by atoms with Crippen molar-refractivity contribution in [1.82, 2.24) is 5.32 Å². The first-order valence-corrected chi connectivity index (χ1v) is 9.14. The van der Waals surface area contributed by atoms with Crippen molar-refractivity contribution in [3.63, 3.8) is 0 Å². The van der Waals surface area contributed by atoms with Gasteiger partial charge in [-0.2, -0.15) is 0 Å². The topological polar surface area (TPSA) is 87.5 Å². The molecule has 27 heavy (non-hydrogen) atoms. The van der Waals surface area contributed by atoms with Crippen LogP contribution in [-0.2, 0) is 0 Å². The molecular formula is C18H24F2N4O3. The van der Waals surface area contributed by atoms with E-state index in [2.05, 4.69) is 17.6 Å². The summed E-state index contributed by atoms with van der Waals surface area (Å²) in [5.41, 5.74) is 0.289. The van der Waals surface area contributed by atoms with Crippen LogP contribution in [0.25, 0.3) is 0 Å². The summed E-state index contributed by atoms with van der Waals surface area (Å²) in [5.74, 6) is -2.65. The number of hydrogen-bond donors (Lipinski definition) is 2. The molecule has 1 aliphatic heterocycles. The maximum atomic E-state index is 13.3. The van der Waals surface area contributed by atoms with E-state index < -0.39 is 29.8 Å². The predicted octanol–water partition coefficient (Wildman–Crippen LogP) is 3.40. The molecule has 1 saturated carbocycles. The van der Waals surface area contributed by atoms with E-state index in [-0.39, 0.29) is 28.7 Å². The molecule has 9 heteroatoms. The molecule has 2 fully saturated rings. The lowest BCUT2D eigenvalue weighted by Crippen LogP contribution is -2.57. The Hall–Kier alpha value is -2.45. The van der Waals surface area contributed by atoms with Crippen molar-refractivity contribution in [3.05, 3.63) is 27.8 Å². The minimum Gasteiger partial charge on any atom is -0.383 e. The highest BCUT2D eigenvalue weighted by molar-refractivity contribution is 6.02. The zero-order chi connectivity index (χ0) is 19.8. The van der Waals surface area contributed by atoms with Gasteiger partial charge in [-0.15, -0.1) is 0 Å². The van der Waals surface area contributed by atoms with E-state index in [4.69, 9.17) is 0 Å². The standard InChI is InChI=1S/C18H24F2N4O3/c1-11-3-5-12(6-4-11)22-17(25)13-7-16(24(26)27)14(21-2)8-15(13)23-9-18(19,20)10-23/h7-8,11-12,21H,3-6,9-10H2,1-2H3,(H,22,25)/t11-,12-. The molecule has 1 aliphatic carbocycles. The fourth-order valence-corrected chi connectivity index (χ4v) is 3.72. The number of nitrogens with zero attached hydrogens (tertiary/aromatic N) is 2. The number of nitrogens with one attached hydrogen (secondary N) is 2. The molecule has 1 heterocycles. The first-order chi connectivity index (χ1) is 12.7. The second-order valence-electron chi connectivity index (χ2n) is 7.54. The molecule has 7 nitrogen and oxygen atoms in total. The molecule has 2 aliphatic rings. The summed E-state index contributed by atoms with van der Waals surface area (Å²) in [6.45, 7) is 1.16. The highest BCUT2D eigenvalue weighted by Crippen LogP contribution is 2.39. The first kappa shape index (κ1) is 19.3. The minimum absolute atomic E-state index is 0.00224. The lowest BCUT2D eigenvalue weighted by Gasteiger charge is -2.41. The van der Waals surface area contributed by atoms with Crippen LogP contribution < -0.4 is 15.5 Å². The second kappa shape index (κ2) is 7.28. The molecule has 1 aromatic rings. The third kappa shape index (κ3) is 4.12. The van der Waals surface area contributed by atoms with E-state index in [9.17, 15) is 23.7 Å².